The lowest BCUT2D eigenvalue weighted by molar-refractivity contribution is -0.0315. The lowest BCUT2D eigenvalue weighted by atomic mass is 9.72. The fourth-order valence-corrected chi connectivity index (χ4v) is 2.53. The van der Waals surface area contributed by atoms with E-state index in [0.717, 1.165) is 32.5 Å². The van der Waals surface area contributed by atoms with Gasteiger partial charge in [-0.05, 0) is 25.9 Å². The maximum Gasteiger partial charge on any atom is 0.407 e. The number of piperidine rings is 1. The first-order chi connectivity index (χ1) is 7.15. The van der Waals surface area contributed by atoms with Gasteiger partial charge in [-0.3, -0.25) is 4.90 Å². The van der Waals surface area contributed by atoms with Gasteiger partial charge >= 0.3 is 6.09 Å². The summed E-state index contributed by atoms with van der Waals surface area (Å²) in [5.74, 6) is 2.65. The van der Waals surface area contributed by atoms with Gasteiger partial charge in [-0.1, -0.05) is 5.92 Å². The maximum atomic E-state index is 10.7. The lowest BCUT2D eigenvalue weighted by Crippen LogP contribution is -2.61. The minimum absolute atomic E-state index is 0.267. The number of amides is 1. The molecule has 2 saturated heterocycles. The third-order valence-corrected chi connectivity index (χ3v) is 3.55. The van der Waals surface area contributed by atoms with Gasteiger partial charge in [0, 0.05) is 18.5 Å². The smallest absolute Gasteiger partial charge is 0.407 e. The first kappa shape index (κ1) is 10.3. The minimum Gasteiger partial charge on any atom is -0.465 e. The first-order valence-corrected chi connectivity index (χ1v) is 5.29. The SMILES string of the molecule is C#CCN1CCC2(CC1)CN(C(=O)O)C2. The summed E-state index contributed by atoms with van der Waals surface area (Å²) in [5.41, 5.74) is 0.267. The second-order valence-electron chi connectivity index (χ2n) is 4.62. The highest BCUT2D eigenvalue weighted by Crippen LogP contribution is 2.40. The van der Waals surface area contributed by atoms with Crippen LogP contribution in [0.5, 0.6) is 0 Å². The molecule has 1 N–H and O–H groups in total. The Bertz CT molecular complexity index is 292. The molecule has 0 saturated carbocycles. The summed E-state index contributed by atoms with van der Waals surface area (Å²) < 4.78 is 0. The lowest BCUT2D eigenvalue weighted by Gasteiger charge is -2.52. The summed E-state index contributed by atoms with van der Waals surface area (Å²) in [5, 5.41) is 8.77. The number of carboxylic acid groups (broad SMARTS) is 1. The van der Waals surface area contributed by atoms with Crippen LogP contribution in [0.2, 0.25) is 0 Å². The number of hydrogen-bond donors (Lipinski definition) is 1. The Morgan fingerprint density at radius 3 is 2.47 bits per heavy atom. The zero-order chi connectivity index (χ0) is 10.9. The van der Waals surface area contributed by atoms with E-state index in [2.05, 4.69) is 10.8 Å². The maximum absolute atomic E-state index is 10.7. The highest BCUT2D eigenvalue weighted by atomic mass is 16.4. The van der Waals surface area contributed by atoms with Crippen molar-refractivity contribution in [2.75, 3.05) is 32.7 Å². The zero-order valence-electron chi connectivity index (χ0n) is 8.78. The Balaban J connectivity index is 1.80. The highest BCUT2D eigenvalue weighted by Gasteiger charge is 2.46. The van der Waals surface area contributed by atoms with Crippen LogP contribution in [0.15, 0.2) is 0 Å². The van der Waals surface area contributed by atoms with Crippen LogP contribution in [0.4, 0.5) is 4.79 Å². The average molecular weight is 208 g/mol. The normalized spacial score (nSPS) is 24.6. The van der Waals surface area contributed by atoms with E-state index in [1.54, 1.807) is 0 Å². The molecule has 2 heterocycles. The molecular weight excluding hydrogens is 192 g/mol. The average Bonchev–Trinajstić information content (AvgIpc) is 2.16. The van der Waals surface area contributed by atoms with E-state index in [0.29, 0.717) is 13.1 Å². The van der Waals surface area contributed by atoms with Crippen molar-refractivity contribution in [3.05, 3.63) is 0 Å². The molecule has 0 aromatic rings. The molecule has 0 aromatic heterocycles. The minimum atomic E-state index is -0.785. The van der Waals surface area contributed by atoms with Gasteiger partial charge in [0.05, 0.1) is 6.54 Å². The van der Waals surface area contributed by atoms with Crippen LogP contribution in [0, 0.1) is 17.8 Å². The molecule has 0 atom stereocenters. The Morgan fingerprint density at radius 2 is 2.00 bits per heavy atom. The van der Waals surface area contributed by atoms with E-state index < -0.39 is 6.09 Å². The van der Waals surface area contributed by atoms with Gasteiger partial charge in [0.2, 0.25) is 0 Å². The molecule has 2 aliphatic heterocycles. The largest absolute Gasteiger partial charge is 0.465 e. The molecule has 2 aliphatic rings. The molecule has 2 fully saturated rings. The number of carbonyl (C=O) groups is 1. The van der Waals surface area contributed by atoms with Crippen LogP contribution >= 0.6 is 0 Å². The Morgan fingerprint density at radius 1 is 1.40 bits per heavy atom. The fraction of sp³-hybridized carbons (Fsp3) is 0.727. The summed E-state index contributed by atoms with van der Waals surface area (Å²) >= 11 is 0. The summed E-state index contributed by atoms with van der Waals surface area (Å²) in [6.07, 6.45) is 6.64. The standard InChI is InChI=1S/C11H16N2O2/c1-2-5-12-6-3-11(4-7-12)8-13(9-11)10(14)15/h1H,3-9H2,(H,14,15). The summed E-state index contributed by atoms with van der Waals surface area (Å²) in [4.78, 5) is 14.4. The Kier molecular flexibility index (Phi) is 2.57. The van der Waals surface area contributed by atoms with Crippen molar-refractivity contribution in [2.24, 2.45) is 5.41 Å². The molecular formula is C11H16N2O2. The van der Waals surface area contributed by atoms with Crippen molar-refractivity contribution >= 4 is 6.09 Å². The molecule has 15 heavy (non-hydrogen) atoms. The third kappa shape index (κ3) is 1.93. The molecule has 1 amide bonds. The summed E-state index contributed by atoms with van der Waals surface area (Å²) in [6.45, 7) is 4.17. The highest BCUT2D eigenvalue weighted by molar-refractivity contribution is 5.66. The molecule has 0 aromatic carbocycles. The number of nitrogens with zero attached hydrogens (tertiary/aromatic N) is 2. The van der Waals surface area contributed by atoms with Gasteiger partial charge in [0.1, 0.15) is 0 Å². The van der Waals surface area contributed by atoms with Crippen molar-refractivity contribution < 1.29 is 9.90 Å². The van der Waals surface area contributed by atoms with E-state index >= 15 is 0 Å². The number of terminal acetylenes is 1. The zero-order valence-corrected chi connectivity index (χ0v) is 8.78. The van der Waals surface area contributed by atoms with Gasteiger partial charge in [0.25, 0.3) is 0 Å². The summed E-state index contributed by atoms with van der Waals surface area (Å²) in [6, 6.07) is 0. The van der Waals surface area contributed by atoms with Crippen LogP contribution in [-0.2, 0) is 0 Å². The monoisotopic (exact) mass is 208 g/mol. The molecule has 1 spiro atoms. The molecule has 0 radical (unpaired) electrons. The van der Waals surface area contributed by atoms with E-state index in [-0.39, 0.29) is 5.41 Å². The number of likely N-dealkylation sites (tertiary alicyclic amines) is 2. The van der Waals surface area contributed by atoms with Crippen LogP contribution in [0.1, 0.15) is 12.8 Å². The van der Waals surface area contributed by atoms with E-state index in [1.165, 1.54) is 4.90 Å². The van der Waals surface area contributed by atoms with E-state index in [9.17, 15) is 4.79 Å². The number of hydrogen-bond acceptors (Lipinski definition) is 2. The Hall–Kier alpha value is -1.21. The second-order valence-corrected chi connectivity index (χ2v) is 4.62. The fourth-order valence-electron chi connectivity index (χ4n) is 2.53. The van der Waals surface area contributed by atoms with E-state index in [4.69, 9.17) is 11.5 Å². The van der Waals surface area contributed by atoms with Crippen LogP contribution in [0.25, 0.3) is 0 Å². The molecule has 0 aliphatic carbocycles. The van der Waals surface area contributed by atoms with Gasteiger partial charge in [-0.25, -0.2) is 4.79 Å². The Labute approximate surface area is 89.9 Å². The predicted molar refractivity (Wildman–Crippen MR) is 56.5 cm³/mol. The van der Waals surface area contributed by atoms with Crippen molar-refractivity contribution in [3.63, 3.8) is 0 Å². The van der Waals surface area contributed by atoms with Gasteiger partial charge in [-0.15, -0.1) is 6.42 Å². The van der Waals surface area contributed by atoms with Crippen molar-refractivity contribution in [1.29, 1.82) is 0 Å². The van der Waals surface area contributed by atoms with E-state index in [1.807, 2.05) is 0 Å². The first-order valence-electron chi connectivity index (χ1n) is 5.29. The molecule has 0 unspecified atom stereocenters. The van der Waals surface area contributed by atoms with Crippen LogP contribution in [0.3, 0.4) is 0 Å². The molecule has 4 nitrogen and oxygen atoms in total. The van der Waals surface area contributed by atoms with Crippen molar-refractivity contribution in [3.8, 4) is 12.3 Å². The molecule has 0 bridgehead atoms. The topological polar surface area (TPSA) is 43.8 Å². The molecule has 4 heteroatoms. The van der Waals surface area contributed by atoms with Gasteiger partial charge in [0.15, 0.2) is 0 Å². The van der Waals surface area contributed by atoms with Crippen molar-refractivity contribution in [1.82, 2.24) is 9.80 Å². The van der Waals surface area contributed by atoms with Crippen LogP contribution in [-0.4, -0.2) is 53.7 Å². The molecule has 82 valence electrons. The van der Waals surface area contributed by atoms with Crippen molar-refractivity contribution in [2.45, 2.75) is 12.8 Å². The quantitative estimate of drug-likeness (QED) is 0.645. The number of rotatable bonds is 1. The van der Waals surface area contributed by atoms with Crippen LogP contribution < -0.4 is 0 Å². The summed E-state index contributed by atoms with van der Waals surface area (Å²) in [7, 11) is 0. The van der Waals surface area contributed by atoms with Gasteiger partial charge < -0.3 is 10.0 Å². The third-order valence-electron chi connectivity index (χ3n) is 3.55. The second kappa shape index (κ2) is 3.74. The molecule has 2 rings (SSSR count). The predicted octanol–water partition coefficient (Wildman–Crippen LogP) is 0.695. The van der Waals surface area contributed by atoms with Gasteiger partial charge in [-0.2, -0.15) is 0 Å².